The van der Waals surface area contributed by atoms with Gasteiger partial charge in [0.05, 0.1) is 22.4 Å². The average Bonchev–Trinajstić information content (AvgIpc) is 2.88. The van der Waals surface area contributed by atoms with Crippen molar-refractivity contribution >= 4 is 29.3 Å². The first-order valence-corrected chi connectivity index (χ1v) is 10.8. The summed E-state index contributed by atoms with van der Waals surface area (Å²) in [6.45, 7) is 0.986. The molecule has 0 spiro atoms. The molecule has 9 nitrogen and oxygen atoms in total. The van der Waals surface area contributed by atoms with Crippen LogP contribution in [0, 0.1) is 0 Å². The number of amides is 2. The number of benzene rings is 2. The van der Waals surface area contributed by atoms with Gasteiger partial charge in [-0.1, -0.05) is 24.3 Å². The second-order valence-corrected chi connectivity index (χ2v) is 7.90. The number of para-hydroxylation sites is 1. The highest BCUT2D eigenvalue weighted by Crippen LogP contribution is 2.32. The molecule has 186 valence electrons. The number of carbonyl (C=O) groups excluding carboxylic acids is 2. The van der Waals surface area contributed by atoms with E-state index in [2.05, 4.69) is 15.5 Å². The molecule has 0 bridgehead atoms. The molecule has 2 heterocycles. The number of nitrogens with zero attached hydrogens (tertiary/aromatic N) is 4. The highest BCUT2D eigenvalue weighted by atomic mass is 19.4. The van der Waals surface area contributed by atoms with Crippen molar-refractivity contribution in [2.45, 2.75) is 6.18 Å². The van der Waals surface area contributed by atoms with Crippen LogP contribution in [0.5, 0.6) is 0 Å². The van der Waals surface area contributed by atoms with Gasteiger partial charge in [-0.25, -0.2) is 4.79 Å². The number of anilines is 2. The van der Waals surface area contributed by atoms with Crippen molar-refractivity contribution in [2.24, 2.45) is 0 Å². The Morgan fingerprint density at radius 3 is 2.08 bits per heavy atom. The van der Waals surface area contributed by atoms with Crippen molar-refractivity contribution in [3.05, 3.63) is 83.0 Å². The fourth-order valence-corrected chi connectivity index (χ4v) is 3.81. The number of carbonyl (C=O) groups is 3. The predicted octanol–water partition coefficient (Wildman–Crippen LogP) is 3.41. The van der Waals surface area contributed by atoms with Gasteiger partial charge >= 0.3 is 12.1 Å². The number of aromatic nitrogens is 2. The molecule has 3 aromatic rings. The van der Waals surface area contributed by atoms with Gasteiger partial charge < -0.3 is 20.2 Å². The van der Waals surface area contributed by atoms with E-state index < -0.39 is 35.1 Å². The zero-order chi connectivity index (χ0) is 25.9. The van der Waals surface area contributed by atoms with E-state index in [9.17, 15) is 32.7 Å². The van der Waals surface area contributed by atoms with E-state index in [-0.39, 0.29) is 30.0 Å². The minimum atomic E-state index is -4.63. The molecule has 36 heavy (non-hydrogen) atoms. The average molecular weight is 499 g/mol. The third-order valence-electron chi connectivity index (χ3n) is 5.64. The van der Waals surface area contributed by atoms with Crippen LogP contribution >= 0.6 is 0 Å². The second-order valence-electron chi connectivity index (χ2n) is 7.90. The first-order chi connectivity index (χ1) is 17.1. The van der Waals surface area contributed by atoms with Gasteiger partial charge in [0.15, 0.2) is 11.5 Å². The van der Waals surface area contributed by atoms with E-state index in [0.717, 1.165) is 6.07 Å². The topological polar surface area (TPSA) is 116 Å². The summed E-state index contributed by atoms with van der Waals surface area (Å²) in [7, 11) is 0. The molecule has 2 amide bonds. The van der Waals surface area contributed by atoms with Crippen LogP contribution in [0.1, 0.15) is 36.8 Å². The standard InChI is InChI=1S/C24H20F3N5O4/c25-24(26,27)17-7-3-1-5-15(17)22(34)32-13-11-31(12-14-32)20-10-9-19(29-30-20)21(33)28-18-8-4-2-6-16(18)23(35)36/h1-10H,11-14H2,(H,28,33)(H,35,36). The van der Waals surface area contributed by atoms with E-state index in [1.54, 1.807) is 17.0 Å². The molecule has 1 aromatic heterocycles. The SMILES string of the molecule is O=C(Nc1ccccc1C(=O)O)c1ccc(N2CCN(C(=O)c3ccccc3C(F)(F)F)CC2)nn1. The van der Waals surface area contributed by atoms with Crippen LogP contribution in [-0.2, 0) is 6.18 Å². The number of nitrogens with one attached hydrogen (secondary N) is 1. The smallest absolute Gasteiger partial charge is 0.417 e. The van der Waals surface area contributed by atoms with Gasteiger partial charge in [0.1, 0.15) is 0 Å². The molecule has 0 atom stereocenters. The molecule has 12 heteroatoms. The van der Waals surface area contributed by atoms with E-state index in [0.29, 0.717) is 18.9 Å². The summed E-state index contributed by atoms with van der Waals surface area (Å²) >= 11 is 0. The molecule has 1 saturated heterocycles. The van der Waals surface area contributed by atoms with Crippen LogP contribution in [0.3, 0.4) is 0 Å². The van der Waals surface area contributed by atoms with Gasteiger partial charge in [-0.2, -0.15) is 13.2 Å². The maximum Gasteiger partial charge on any atom is 0.417 e. The lowest BCUT2D eigenvalue weighted by atomic mass is 10.1. The fourth-order valence-electron chi connectivity index (χ4n) is 3.81. The maximum absolute atomic E-state index is 13.3. The predicted molar refractivity (Wildman–Crippen MR) is 123 cm³/mol. The van der Waals surface area contributed by atoms with Gasteiger partial charge in [0.25, 0.3) is 11.8 Å². The van der Waals surface area contributed by atoms with Crippen molar-refractivity contribution < 1.29 is 32.7 Å². The zero-order valence-electron chi connectivity index (χ0n) is 18.7. The molecular formula is C24H20F3N5O4. The Bertz CT molecular complexity index is 1290. The van der Waals surface area contributed by atoms with Gasteiger partial charge in [-0.15, -0.1) is 10.2 Å². The zero-order valence-corrected chi connectivity index (χ0v) is 18.7. The summed E-state index contributed by atoms with van der Waals surface area (Å²) in [5.41, 5.74) is -1.34. The summed E-state index contributed by atoms with van der Waals surface area (Å²) in [6, 6.07) is 13.6. The largest absolute Gasteiger partial charge is 0.478 e. The van der Waals surface area contributed by atoms with Crippen LogP contribution in [0.15, 0.2) is 60.7 Å². The Hall–Kier alpha value is -4.48. The molecule has 1 fully saturated rings. The van der Waals surface area contributed by atoms with Crippen molar-refractivity contribution in [1.82, 2.24) is 15.1 Å². The Labute approximate surface area is 203 Å². The molecule has 4 rings (SSSR count). The summed E-state index contributed by atoms with van der Waals surface area (Å²) in [5, 5.41) is 19.7. The first kappa shape index (κ1) is 24.6. The lowest BCUT2D eigenvalue weighted by Gasteiger charge is -2.35. The fraction of sp³-hybridized carbons (Fsp3) is 0.208. The van der Waals surface area contributed by atoms with Gasteiger partial charge in [-0.05, 0) is 36.4 Å². The lowest BCUT2D eigenvalue weighted by Crippen LogP contribution is -2.49. The van der Waals surface area contributed by atoms with Crippen LogP contribution in [-0.4, -0.2) is 64.2 Å². The van der Waals surface area contributed by atoms with Crippen molar-refractivity contribution in [1.29, 1.82) is 0 Å². The van der Waals surface area contributed by atoms with E-state index >= 15 is 0 Å². The summed E-state index contributed by atoms with van der Waals surface area (Å²) in [4.78, 5) is 39.7. The lowest BCUT2D eigenvalue weighted by molar-refractivity contribution is -0.138. The van der Waals surface area contributed by atoms with Crippen molar-refractivity contribution in [3.8, 4) is 0 Å². The molecule has 0 aliphatic carbocycles. The first-order valence-electron chi connectivity index (χ1n) is 10.8. The molecule has 1 aliphatic rings. The third-order valence-corrected chi connectivity index (χ3v) is 5.64. The molecule has 1 aliphatic heterocycles. The Balaban J connectivity index is 1.39. The van der Waals surface area contributed by atoms with Crippen molar-refractivity contribution in [3.63, 3.8) is 0 Å². The number of carboxylic acid groups (broad SMARTS) is 1. The number of rotatable bonds is 5. The van der Waals surface area contributed by atoms with E-state index in [1.807, 2.05) is 0 Å². The number of hydrogen-bond acceptors (Lipinski definition) is 6. The van der Waals surface area contributed by atoms with Crippen LogP contribution < -0.4 is 10.2 Å². The minimum Gasteiger partial charge on any atom is -0.478 e. The summed E-state index contributed by atoms with van der Waals surface area (Å²) in [5.74, 6) is -2.09. The van der Waals surface area contributed by atoms with Crippen LogP contribution in [0.4, 0.5) is 24.7 Å². The quantitative estimate of drug-likeness (QED) is 0.553. The molecule has 0 radical (unpaired) electrons. The van der Waals surface area contributed by atoms with Gasteiger partial charge in [-0.3, -0.25) is 9.59 Å². The number of aromatic carboxylic acids is 1. The highest BCUT2D eigenvalue weighted by molar-refractivity contribution is 6.06. The van der Waals surface area contributed by atoms with E-state index in [1.165, 1.54) is 47.4 Å². The number of piperazine rings is 1. The van der Waals surface area contributed by atoms with Gasteiger partial charge in [0.2, 0.25) is 0 Å². The summed E-state index contributed by atoms with van der Waals surface area (Å²) in [6.07, 6.45) is -4.63. The van der Waals surface area contributed by atoms with Gasteiger partial charge in [0, 0.05) is 26.2 Å². The third kappa shape index (κ3) is 5.27. The second kappa shape index (κ2) is 10.0. The number of carboxylic acids is 1. The number of halogens is 3. The van der Waals surface area contributed by atoms with Crippen LogP contribution in [0.2, 0.25) is 0 Å². The van der Waals surface area contributed by atoms with E-state index in [4.69, 9.17) is 0 Å². The number of hydrogen-bond donors (Lipinski definition) is 2. The maximum atomic E-state index is 13.3. The molecule has 2 N–H and O–H groups in total. The molecular weight excluding hydrogens is 479 g/mol. The molecule has 0 saturated carbocycles. The Morgan fingerprint density at radius 1 is 0.833 bits per heavy atom. The van der Waals surface area contributed by atoms with Crippen LogP contribution in [0.25, 0.3) is 0 Å². The Morgan fingerprint density at radius 2 is 1.47 bits per heavy atom. The molecule has 2 aromatic carbocycles. The molecule has 0 unspecified atom stereocenters. The van der Waals surface area contributed by atoms with Crippen molar-refractivity contribution in [2.75, 3.05) is 36.4 Å². The number of alkyl halides is 3. The monoisotopic (exact) mass is 499 g/mol. The summed E-state index contributed by atoms with van der Waals surface area (Å²) < 4.78 is 39.8. The minimum absolute atomic E-state index is 0.0310. The Kier molecular flexibility index (Phi) is 6.86. The normalized spacial score (nSPS) is 13.9. The highest BCUT2D eigenvalue weighted by Gasteiger charge is 2.36.